The molecule has 7 nitrogen and oxygen atoms in total. The van der Waals surface area contributed by atoms with Gasteiger partial charge in [-0.3, -0.25) is 9.59 Å². The third-order valence-corrected chi connectivity index (χ3v) is 4.93. The van der Waals surface area contributed by atoms with Gasteiger partial charge in [-0.25, -0.2) is 4.79 Å². The zero-order valence-corrected chi connectivity index (χ0v) is 21.3. The van der Waals surface area contributed by atoms with Gasteiger partial charge in [-0.2, -0.15) is 0 Å². The van der Waals surface area contributed by atoms with Crippen LogP contribution in [0.4, 0.5) is 4.79 Å². The van der Waals surface area contributed by atoms with Crippen molar-refractivity contribution in [3.05, 3.63) is 34.9 Å². The molecule has 0 aromatic heterocycles. The van der Waals surface area contributed by atoms with E-state index in [0.29, 0.717) is 6.42 Å². The van der Waals surface area contributed by atoms with Gasteiger partial charge < -0.3 is 20.3 Å². The Labute approximate surface area is 193 Å². The Morgan fingerprint density at radius 1 is 1.00 bits per heavy atom. The van der Waals surface area contributed by atoms with Crippen LogP contribution in [0, 0.1) is 19.8 Å². The molecule has 2 unspecified atom stereocenters. The molecule has 0 bridgehead atoms. The summed E-state index contributed by atoms with van der Waals surface area (Å²) in [4.78, 5) is 40.7. The molecule has 1 aromatic rings. The molecular weight excluding hydrogens is 406 g/mol. The van der Waals surface area contributed by atoms with Crippen LogP contribution in [0.1, 0.15) is 77.6 Å². The molecule has 0 aliphatic heterocycles. The number of amides is 3. The molecule has 0 saturated carbocycles. The van der Waals surface area contributed by atoms with E-state index in [1.54, 1.807) is 27.8 Å². The van der Waals surface area contributed by atoms with E-state index in [2.05, 4.69) is 10.6 Å². The molecule has 7 heteroatoms. The van der Waals surface area contributed by atoms with Gasteiger partial charge in [-0.05, 0) is 77.5 Å². The Kier molecular flexibility index (Phi) is 9.73. The lowest BCUT2D eigenvalue weighted by atomic mass is 9.93. The van der Waals surface area contributed by atoms with E-state index in [9.17, 15) is 14.4 Å². The zero-order valence-electron chi connectivity index (χ0n) is 21.3. The number of likely N-dealkylation sites (N-methyl/N-ethyl adjacent to an activating group) is 1. The van der Waals surface area contributed by atoms with E-state index in [4.69, 9.17) is 4.74 Å². The van der Waals surface area contributed by atoms with E-state index in [1.165, 1.54) is 4.90 Å². The largest absolute Gasteiger partial charge is 0.444 e. The molecule has 2 N–H and O–H groups in total. The maximum Gasteiger partial charge on any atom is 0.408 e. The van der Waals surface area contributed by atoms with E-state index in [-0.39, 0.29) is 23.8 Å². The fraction of sp³-hybridized carbons (Fsp3) is 0.640. The van der Waals surface area contributed by atoms with Gasteiger partial charge in [0, 0.05) is 13.1 Å². The number of ether oxygens (including phenoxy) is 1. The summed E-state index contributed by atoms with van der Waals surface area (Å²) in [6, 6.07) is 4.08. The Balaban J connectivity index is 3.34. The fourth-order valence-electron chi connectivity index (χ4n) is 3.64. The highest BCUT2D eigenvalue weighted by atomic mass is 16.6. The first-order valence-corrected chi connectivity index (χ1v) is 11.3. The Morgan fingerprint density at radius 3 is 1.97 bits per heavy atom. The highest BCUT2D eigenvalue weighted by Gasteiger charge is 2.35. The van der Waals surface area contributed by atoms with Crippen LogP contribution >= 0.6 is 0 Å². The average molecular weight is 448 g/mol. The molecule has 32 heavy (non-hydrogen) atoms. The Hall–Kier alpha value is -2.57. The smallest absolute Gasteiger partial charge is 0.408 e. The zero-order chi connectivity index (χ0) is 24.8. The molecule has 0 aliphatic carbocycles. The Morgan fingerprint density at radius 2 is 1.53 bits per heavy atom. The summed E-state index contributed by atoms with van der Waals surface area (Å²) < 4.78 is 5.36. The van der Waals surface area contributed by atoms with Crippen molar-refractivity contribution in [2.24, 2.45) is 5.92 Å². The van der Waals surface area contributed by atoms with Crippen LogP contribution in [0.2, 0.25) is 0 Å². The van der Waals surface area contributed by atoms with E-state index < -0.39 is 23.8 Å². The van der Waals surface area contributed by atoms with Gasteiger partial charge in [0.25, 0.3) is 0 Å². The number of carbonyl (C=O) groups is 3. The maximum atomic E-state index is 13.6. The highest BCUT2D eigenvalue weighted by Crippen LogP contribution is 2.28. The van der Waals surface area contributed by atoms with Crippen molar-refractivity contribution in [2.75, 3.05) is 7.05 Å². The molecule has 3 amide bonds. The molecule has 180 valence electrons. The SMILES string of the molecule is Cc1cccc(C)c1C(C(=O)NC(C)C)N(C)C(=O)C(CC(C)C)NC(=O)OC(C)(C)C. The van der Waals surface area contributed by atoms with Crippen LogP contribution in [0.3, 0.4) is 0 Å². The summed E-state index contributed by atoms with van der Waals surface area (Å²) in [7, 11) is 1.61. The van der Waals surface area contributed by atoms with E-state index >= 15 is 0 Å². The second-order valence-corrected chi connectivity index (χ2v) is 10.1. The summed E-state index contributed by atoms with van der Waals surface area (Å²) in [5.74, 6) is -0.444. The fourth-order valence-corrected chi connectivity index (χ4v) is 3.64. The van der Waals surface area contributed by atoms with Crippen molar-refractivity contribution < 1.29 is 19.1 Å². The number of benzene rings is 1. The lowest BCUT2D eigenvalue weighted by Crippen LogP contribution is -2.52. The van der Waals surface area contributed by atoms with Crippen molar-refractivity contribution in [2.45, 2.75) is 92.5 Å². The molecule has 0 spiro atoms. The predicted octanol–water partition coefficient (Wildman–Crippen LogP) is 4.27. The molecule has 0 saturated heterocycles. The van der Waals surface area contributed by atoms with Crippen molar-refractivity contribution in [3.63, 3.8) is 0 Å². The standard InChI is InChI=1S/C25H41N3O4/c1-15(2)14-19(27-24(31)32-25(7,8)9)23(30)28(10)21(22(29)26-16(3)4)20-17(5)12-11-13-18(20)6/h11-13,15-16,19,21H,14H2,1-10H3,(H,26,29)(H,27,31). The number of nitrogens with zero attached hydrogens (tertiary/aromatic N) is 1. The highest BCUT2D eigenvalue weighted by molar-refractivity contribution is 5.92. The molecule has 0 radical (unpaired) electrons. The minimum absolute atomic E-state index is 0.0795. The second kappa shape index (κ2) is 11.3. The van der Waals surface area contributed by atoms with Crippen LogP contribution in [0.15, 0.2) is 18.2 Å². The molecule has 1 rings (SSSR count). The summed E-state index contributed by atoms with van der Waals surface area (Å²) in [5.41, 5.74) is 1.96. The second-order valence-electron chi connectivity index (χ2n) is 10.1. The molecule has 0 heterocycles. The summed E-state index contributed by atoms with van der Waals surface area (Å²) in [6.07, 6.45) is -0.228. The molecule has 1 aromatic carbocycles. The van der Waals surface area contributed by atoms with Gasteiger partial charge in [-0.1, -0.05) is 32.0 Å². The normalized spacial score (nSPS) is 13.5. The molecule has 2 atom stereocenters. The third-order valence-electron chi connectivity index (χ3n) is 4.93. The van der Waals surface area contributed by atoms with Gasteiger partial charge >= 0.3 is 6.09 Å². The van der Waals surface area contributed by atoms with Crippen molar-refractivity contribution in [1.29, 1.82) is 0 Å². The lowest BCUT2D eigenvalue weighted by Gasteiger charge is -2.34. The summed E-state index contributed by atoms with van der Waals surface area (Å²) in [6.45, 7) is 16.9. The topological polar surface area (TPSA) is 87.7 Å². The number of hydrogen-bond donors (Lipinski definition) is 2. The van der Waals surface area contributed by atoms with Crippen molar-refractivity contribution >= 4 is 17.9 Å². The number of hydrogen-bond acceptors (Lipinski definition) is 4. The number of aryl methyl sites for hydroxylation is 2. The number of alkyl carbamates (subject to hydrolysis) is 1. The average Bonchev–Trinajstić information content (AvgIpc) is 2.60. The first kappa shape index (κ1) is 27.5. The number of nitrogens with one attached hydrogen (secondary N) is 2. The van der Waals surface area contributed by atoms with Gasteiger partial charge in [-0.15, -0.1) is 0 Å². The molecule has 0 fully saturated rings. The lowest BCUT2D eigenvalue weighted by molar-refractivity contribution is -0.141. The number of rotatable bonds is 8. The minimum Gasteiger partial charge on any atom is -0.444 e. The first-order valence-electron chi connectivity index (χ1n) is 11.3. The monoisotopic (exact) mass is 447 g/mol. The molecule has 0 aliphatic rings. The van der Waals surface area contributed by atoms with E-state index in [1.807, 2.05) is 59.7 Å². The quantitative estimate of drug-likeness (QED) is 0.623. The Bertz CT molecular complexity index is 792. The predicted molar refractivity (Wildman–Crippen MR) is 127 cm³/mol. The van der Waals surface area contributed by atoms with Gasteiger partial charge in [0.05, 0.1) is 0 Å². The van der Waals surface area contributed by atoms with E-state index in [0.717, 1.165) is 16.7 Å². The summed E-state index contributed by atoms with van der Waals surface area (Å²) >= 11 is 0. The minimum atomic E-state index is -0.818. The van der Waals surface area contributed by atoms with Gasteiger partial charge in [0.15, 0.2) is 0 Å². The van der Waals surface area contributed by atoms with Gasteiger partial charge in [0.1, 0.15) is 17.7 Å². The third kappa shape index (κ3) is 8.17. The van der Waals surface area contributed by atoms with Gasteiger partial charge in [0.2, 0.25) is 11.8 Å². The van der Waals surface area contributed by atoms with Crippen LogP contribution in [0.25, 0.3) is 0 Å². The van der Waals surface area contributed by atoms with Crippen LogP contribution < -0.4 is 10.6 Å². The first-order chi connectivity index (χ1) is 14.6. The number of carbonyl (C=O) groups excluding carboxylic acids is 3. The summed E-state index contributed by atoms with van der Waals surface area (Å²) in [5, 5.41) is 5.66. The molecular formula is C25H41N3O4. The van der Waals surface area contributed by atoms with Crippen LogP contribution in [-0.2, 0) is 14.3 Å². The van der Waals surface area contributed by atoms with Crippen molar-refractivity contribution in [1.82, 2.24) is 15.5 Å². The van der Waals surface area contributed by atoms with Crippen LogP contribution in [-0.4, -0.2) is 47.5 Å². The van der Waals surface area contributed by atoms with Crippen LogP contribution in [0.5, 0.6) is 0 Å². The maximum absolute atomic E-state index is 13.6. The van der Waals surface area contributed by atoms with Crippen molar-refractivity contribution in [3.8, 4) is 0 Å².